The Morgan fingerprint density at radius 3 is 2.65 bits per heavy atom. The number of ether oxygens (including phenoxy) is 2. The summed E-state index contributed by atoms with van der Waals surface area (Å²) in [5.41, 5.74) is 0.983. The van der Waals surface area contributed by atoms with Gasteiger partial charge in [-0.2, -0.15) is 0 Å². The molecule has 5 heteroatoms. The van der Waals surface area contributed by atoms with E-state index in [1.807, 2.05) is 0 Å². The molecule has 0 atom stereocenters. The molecule has 0 aliphatic rings. The lowest BCUT2D eigenvalue weighted by Gasteiger charge is -2.11. The molecule has 0 aliphatic heterocycles. The number of carbonyl (C=O) groups is 1. The minimum absolute atomic E-state index is 0.161. The van der Waals surface area contributed by atoms with Crippen molar-refractivity contribution in [2.45, 2.75) is 6.61 Å². The van der Waals surface area contributed by atoms with Crippen LogP contribution in [-0.4, -0.2) is 12.4 Å². The van der Waals surface area contributed by atoms with Crippen molar-refractivity contribution in [3.8, 4) is 11.5 Å². The molecule has 2 aromatic carbocycles. The number of methoxy groups -OCH3 is 1. The summed E-state index contributed by atoms with van der Waals surface area (Å²) in [6.07, 6.45) is 0. The van der Waals surface area contributed by atoms with Crippen LogP contribution in [0.4, 0.5) is 4.39 Å². The lowest BCUT2D eigenvalue weighted by molar-refractivity contribution is 0.108. The summed E-state index contributed by atoms with van der Waals surface area (Å²) in [7, 11) is 1.49. The van der Waals surface area contributed by atoms with Crippen LogP contribution in [0.2, 0.25) is 0 Å². The molecule has 0 N–H and O–H groups in total. The lowest BCUT2D eigenvalue weighted by Crippen LogP contribution is -2.00. The van der Waals surface area contributed by atoms with E-state index in [2.05, 4.69) is 0 Å². The first-order valence-corrected chi connectivity index (χ1v) is 6.23. The highest BCUT2D eigenvalue weighted by Gasteiger charge is 2.10. The van der Waals surface area contributed by atoms with E-state index in [9.17, 15) is 9.18 Å². The van der Waals surface area contributed by atoms with Gasteiger partial charge >= 0.3 is 0 Å². The number of hydrogen-bond donors (Lipinski definition) is 0. The number of benzene rings is 2. The molecule has 0 amide bonds. The molecule has 0 bridgehead atoms. The van der Waals surface area contributed by atoms with Crippen LogP contribution in [0.5, 0.6) is 11.5 Å². The van der Waals surface area contributed by atoms with Crippen molar-refractivity contribution in [1.29, 1.82) is 0 Å². The van der Waals surface area contributed by atoms with Crippen LogP contribution in [0.15, 0.2) is 42.5 Å². The molecular formula is C15H12ClFO3. The van der Waals surface area contributed by atoms with Gasteiger partial charge in [-0.15, -0.1) is 0 Å². The van der Waals surface area contributed by atoms with Gasteiger partial charge in [-0.1, -0.05) is 12.1 Å². The number of rotatable bonds is 5. The Hall–Kier alpha value is -2.07. The normalized spacial score (nSPS) is 10.2. The van der Waals surface area contributed by atoms with Gasteiger partial charge in [0.15, 0.2) is 11.5 Å². The Kier molecular flexibility index (Phi) is 4.58. The summed E-state index contributed by atoms with van der Waals surface area (Å²) in [6, 6.07) is 10.7. The van der Waals surface area contributed by atoms with Gasteiger partial charge in [0.05, 0.1) is 7.11 Å². The molecule has 0 unspecified atom stereocenters. The van der Waals surface area contributed by atoms with E-state index in [0.717, 1.165) is 0 Å². The summed E-state index contributed by atoms with van der Waals surface area (Å²) in [6.45, 7) is 0.161. The third-order valence-electron chi connectivity index (χ3n) is 2.67. The maximum Gasteiger partial charge on any atom is 0.252 e. The molecule has 104 valence electrons. The van der Waals surface area contributed by atoms with E-state index in [-0.39, 0.29) is 12.4 Å². The Labute approximate surface area is 120 Å². The fourth-order valence-corrected chi connectivity index (χ4v) is 1.82. The number of carbonyl (C=O) groups excluding carboxylic acids is 1. The molecule has 0 aliphatic carbocycles. The molecule has 2 aromatic rings. The standard InChI is InChI=1S/C15H12ClFO3/c1-19-13-6-5-11(15(16)18)8-14(13)20-9-10-3-2-4-12(17)7-10/h2-8H,9H2,1H3. The number of hydrogen-bond acceptors (Lipinski definition) is 3. The first-order valence-electron chi connectivity index (χ1n) is 5.85. The maximum atomic E-state index is 13.1. The van der Waals surface area contributed by atoms with Crippen LogP contribution in [-0.2, 0) is 6.61 Å². The molecule has 0 saturated heterocycles. The van der Waals surface area contributed by atoms with Gasteiger partial charge in [0.25, 0.3) is 5.24 Å². The van der Waals surface area contributed by atoms with Crippen molar-refractivity contribution in [2.24, 2.45) is 0 Å². The van der Waals surface area contributed by atoms with Gasteiger partial charge in [-0.25, -0.2) is 4.39 Å². The zero-order valence-electron chi connectivity index (χ0n) is 10.7. The van der Waals surface area contributed by atoms with Gasteiger partial charge in [0, 0.05) is 5.56 Å². The zero-order valence-corrected chi connectivity index (χ0v) is 11.5. The third-order valence-corrected chi connectivity index (χ3v) is 2.89. The minimum atomic E-state index is -0.580. The van der Waals surface area contributed by atoms with Crippen LogP contribution in [0.3, 0.4) is 0 Å². The first-order chi connectivity index (χ1) is 9.60. The second-order valence-corrected chi connectivity index (χ2v) is 4.40. The van der Waals surface area contributed by atoms with Crippen molar-refractivity contribution < 1.29 is 18.7 Å². The zero-order chi connectivity index (χ0) is 14.5. The summed E-state index contributed by atoms with van der Waals surface area (Å²) in [5.74, 6) is 0.522. The second-order valence-electron chi connectivity index (χ2n) is 4.06. The van der Waals surface area contributed by atoms with Gasteiger partial charge in [-0.3, -0.25) is 4.79 Å². The molecule has 0 heterocycles. The van der Waals surface area contributed by atoms with Crippen LogP contribution >= 0.6 is 11.6 Å². The van der Waals surface area contributed by atoms with E-state index in [1.54, 1.807) is 24.3 Å². The van der Waals surface area contributed by atoms with Gasteiger partial charge in [0.1, 0.15) is 12.4 Å². The monoisotopic (exact) mass is 294 g/mol. The average molecular weight is 295 g/mol. The van der Waals surface area contributed by atoms with Gasteiger partial charge < -0.3 is 9.47 Å². The molecule has 2 rings (SSSR count). The average Bonchev–Trinajstić information content (AvgIpc) is 2.44. The Morgan fingerprint density at radius 1 is 1.20 bits per heavy atom. The van der Waals surface area contributed by atoms with Crippen LogP contribution in [0, 0.1) is 5.82 Å². The van der Waals surface area contributed by atoms with Crippen LogP contribution in [0.1, 0.15) is 15.9 Å². The van der Waals surface area contributed by atoms with Crippen LogP contribution < -0.4 is 9.47 Å². The van der Waals surface area contributed by atoms with E-state index in [1.165, 1.54) is 25.3 Å². The first kappa shape index (κ1) is 14.3. The van der Waals surface area contributed by atoms with E-state index < -0.39 is 5.24 Å². The molecule has 0 fully saturated rings. The highest BCUT2D eigenvalue weighted by Crippen LogP contribution is 2.29. The topological polar surface area (TPSA) is 35.5 Å². The quantitative estimate of drug-likeness (QED) is 0.787. The van der Waals surface area contributed by atoms with Gasteiger partial charge in [0.2, 0.25) is 0 Å². The van der Waals surface area contributed by atoms with Crippen LogP contribution in [0.25, 0.3) is 0 Å². The maximum absolute atomic E-state index is 13.1. The predicted molar refractivity (Wildman–Crippen MR) is 73.9 cm³/mol. The molecular weight excluding hydrogens is 283 g/mol. The minimum Gasteiger partial charge on any atom is -0.493 e. The summed E-state index contributed by atoms with van der Waals surface area (Å²) in [4.78, 5) is 11.1. The summed E-state index contributed by atoms with van der Waals surface area (Å²) < 4.78 is 23.8. The Bertz CT molecular complexity index is 628. The predicted octanol–water partition coefficient (Wildman–Crippen LogP) is 3.79. The lowest BCUT2D eigenvalue weighted by atomic mass is 10.2. The van der Waals surface area contributed by atoms with Crippen molar-refractivity contribution in [2.75, 3.05) is 7.11 Å². The highest BCUT2D eigenvalue weighted by atomic mass is 35.5. The third kappa shape index (κ3) is 3.48. The summed E-state index contributed by atoms with van der Waals surface area (Å²) >= 11 is 5.42. The SMILES string of the molecule is COc1ccc(C(=O)Cl)cc1OCc1cccc(F)c1. The van der Waals surface area contributed by atoms with Crippen molar-refractivity contribution in [3.05, 3.63) is 59.4 Å². The largest absolute Gasteiger partial charge is 0.493 e. The molecule has 0 radical (unpaired) electrons. The second kappa shape index (κ2) is 6.39. The van der Waals surface area contributed by atoms with E-state index in [4.69, 9.17) is 21.1 Å². The molecule has 0 aromatic heterocycles. The molecule has 3 nitrogen and oxygen atoms in total. The number of halogens is 2. The van der Waals surface area contributed by atoms with Crippen molar-refractivity contribution >= 4 is 16.8 Å². The van der Waals surface area contributed by atoms with E-state index >= 15 is 0 Å². The molecule has 20 heavy (non-hydrogen) atoms. The van der Waals surface area contributed by atoms with Crippen molar-refractivity contribution in [3.63, 3.8) is 0 Å². The molecule has 0 spiro atoms. The highest BCUT2D eigenvalue weighted by molar-refractivity contribution is 6.67. The Balaban J connectivity index is 2.19. The van der Waals surface area contributed by atoms with Gasteiger partial charge in [-0.05, 0) is 47.5 Å². The van der Waals surface area contributed by atoms with Crippen molar-refractivity contribution in [1.82, 2.24) is 0 Å². The summed E-state index contributed by atoms with van der Waals surface area (Å²) in [5, 5.41) is -0.580. The Morgan fingerprint density at radius 2 is 2.00 bits per heavy atom. The molecule has 0 saturated carbocycles. The smallest absolute Gasteiger partial charge is 0.252 e. The fraction of sp³-hybridized carbons (Fsp3) is 0.133. The van der Waals surface area contributed by atoms with E-state index in [0.29, 0.717) is 22.6 Å². The fourth-order valence-electron chi connectivity index (χ4n) is 1.70.